The molecule has 0 saturated heterocycles. The van der Waals surface area contributed by atoms with E-state index < -0.39 is 12.1 Å². The first-order chi connectivity index (χ1) is 6.68. The minimum absolute atomic E-state index is 0.238. The van der Waals surface area contributed by atoms with Gasteiger partial charge in [-0.25, -0.2) is 9.97 Å². The highest BCUT2D eigenvalue weighted by Gasteiger charge is 2.09. The van der Waals surface area contributed by atoms with E-state index >= 15 is 0 Å². The Labute approximate surface area is 85.2 Å². The molecule has 0 radical (unpaired) electrons. The number of aliphatic hydroxyl groups excluding tert-OH is 1. The third-order valence-electron chi connectivity index (χ3n) is 1.39. The minimum Gasteiger partial charge on any atom is -0.481 e. The van der Waals surface area contributed by atoms with Gasteiger partial charge in [0.15, 0.2) is 0 Å². The lowest BCUT2D eigenvalue weighted by Crippen LogP contribution is -2.15. The first kappa shape index (κ1) is 10.9. The second-order valence-corrected chi connectivity index (χ2v) is 3.65. The molecule has 0 amide bonds. The summed E-state index contributed by atoms with van der Waals surface area (Å²) in [4.78, 5) is 17.9. The summed E-state index contributed by atoms with van der Waals surface area (Å²) in [6, 6.07) is 1.71. The second-order valence-electron chi connectivity index (χ2n) is 2.61. The van der Waals surface area contributed by atoms with Crippen LogP contribution in [0.5, 0.6) is 0 Å². The Balaban J connectivity index is 2.30. The molecule has 14 heavy (non-hydrogen) atoms. The fraction of sp³-hybridized carbons (Fsp3) is 0.375. The summed E-state index contributed by atoms with van der Waals surface area (Å²) in [6.07, 6.45) is 1.93. The fourth-order valence-electron chi connectivity index (χ4n) is 0.806. The summed E-state index contributed by atoms with van der Waals surface area (Å²) >= 11 is 1.31. The van der Waals surface area contributed by atoms with Gasteiger partial charge in [-0.3, -0.25) is 4.79 Å². The van der Waals surface area contributed by atoms with E-state index in [2.05, 4.69) is 9.97 Å². The van der Waals surface area contributed by atoms with Crippen LogP contribution in [0.4, 0.5) is 0 Å². The SMILES string of the molecule is O=C(O)CC(O)CSc1ccncn1. The van der Waals surface area contributed by atoms with Crippen LogP contribution in [0, 0.1) is 0 Å². The van der Waals surface area contributed by atoms with Gasteiger partial charge in [0.05, 0.1) is 17.6 Å². The van der Waals surface area contributed by atoms with Crippen LogP contribution in [0.1, 0.15) is 6.42 Å². The summed E-state index contributed by atoms with van der Waals surface area (Å²) in [5.41, 5.74) is 0. The van der Waals surface area contributed by atoms with Crippen LogP contribution in [0.15, 0.2) is 23.6 Å². The van der Waals surface area contributed by atoms with Crippen molar-refractivity contribution in [1.82, 2.24) is 9.97 Å². The molecule has 0 aliphatic rings. The van der Waals surface area contributed by atoms with E-state index in [4.69, 9.17) is 5.11 Å². The zero-order valence-electron chi connectivity index (χ0n) is 7.33. The molecule has 0 aliphatic carbocycles. The Kier molecular flexibility index (Phi) is 4.34. The van der Waals surface area contributed by atoms with Crippen LogP contribution < -0.4 is 0 Å². The van der Waals surface area contributed by atoms with Gasteiger partial charge in [-0.15, -0.1) is 11.8 Å². The van der Waals surface area contributed by atoms with Crippen molar-refractivity contribution < 1.29 is 15.0 Å². The smallest absolute Gasteiger partial charge is 0.306 e. The van der Waals surface area contributed by atoms with Crippen molar-refractivity contribution in [3.63, 3.8) is 0 Å². The van der Waals surface area contributed by atoms with Gasteiger partial charge in [0.25, 0.3) is 0 Å². The number of hydrogen-bond acceptors (Lipinski definition) is 5. The first-order valence-electron chi connectivity index (χ1n) is 3.97. The summed E-state index contributed by atoms with van der Waals surface area (Å²) in [6.45, 7) is 0. The highest BCUT2D eigenvalue weighted by Crippen LogP contribution is 2.15. The highest BCUT2D eigenvalue weighted by atomic mass is 32.2. The maximum Gasteiger partial charge on any atom is 0.306 e. The summed E-state index contributed by atoms with van der Waals surface area (Å²) < 4.78 is 0. The summed E-state index contributed by atoms with van der Waals surface area (Å²) in [5.74, 6) is -0.677. The first-order valence-corrected chi connectivity index (χ1v) is 4.95. The van der Waals surface area contributed by atoms with Crippen molar-refractivity contribution in [3.8, 4) is 0 Å². The van der Waals surface area contributed by atoms with Gasteiger partial charge < -0.3 is 10.2 Å². The van der Waals surface area contributed by atoms with Crippen LogP contribution in [0.25, 0.3) is 0 Å². The van der Waals surface area contributed by atoms with Gasteiger partial charge in [0.2, 0.25) is 0 Å². The van der Waals surface area contributed by atoms with E-state index in [9.17, 15) is 9.90 Å². The topological polar surface area (TPSA) is 83.3 Å². The number of rotatable bonds is 5. The standard InChI is InChI=1S/C8H10N2O3S/c11-6(3-8(12)13)4-14-7-1-2-9-5-10-7/h1-2,5-6,11H,3-4H2,(H,12,13). The van der Waals surface area contributed by atoms with E-state index in [1.54, 1.807) is 12.3 Å². The Morgan fingerprint density at radius 2 is 2.43 bits per heavy atom. The van der Waals surface area contributed by atoms with Crippen molar-refractivity contribution >= 4 is 17.7 Å². The average Bonchev–Trinajstić information content (AvgIpc) is 2.15. The third-order valence-corrected chi connectivity index (χ3v) is 2.48. The quantitative estimate of drug-likeness (QED) is 0.545. The number of thioether (sulfide) groups is 1. The molecule has 1 aromatic heterocycles. The highest BCUT2D eigenvalue weighted by molar-refractivity contribution is 7.99. The molecule has 0 saturated carbocycles. The van der Waals surface area contributed by atoms with Gasteiger partial charge in [-0.1, -0.05) is 0 Å². The fourth-order valence-corrected chi connectivity index (χ4v) is 1.57. The molecule has 5 nitrogen and oxygen atoms in total. The lowest BCUT2D eigenvalue weighted by Gasteiger charge is -2.05. The Morgan fingerprint density at radius 3 is 3.00 bits per heavy atom. The van der Waals surface area contributed by atoms with E-state index in [-0.39, 0.29) is 6.42 Å². The van der Waals surface area contributed by atoms with E-state index in [1.165, 1.54) is 18.1 Å². The maximum atomic E-state index is 10.2. The molecule has 0 spiro atoms. The molecule has 76 valence electrons. The van der Waals surface area contributed by atoms with Crippen molar-refractivity contribution in [2.45, 2.75) is 17.6 Å². The molecule has 1 heterocycles. The normalized spacial score (nSPS) is 12.4. The van der Waals surface area contributed by atoms with Gasteiger partial charge in [-0.05, 0) is 6.07 Å². The molecule has 0 fully saturated rings. The largest absolute Gasteiger partial charge is 0.481 e. The Hall–Kier alpha value is -1.14. The molecule has 1 atom stereocenters. The van der Waals surface area contributed by atoms with Crippen LogP contribution in [0.2, 0.25) is 0 Å². The third kappa shape index (κ3) is 4.20. The number of aliphatic hydroxyl groups is 1. The zero-order valence-corrected chi connectivity index (χ0v) is 8.15. The van der Waals surface area contributed by atoms with Gasteiger partial charge in [0.1, 0.15) is 6.33 Å². The predicted octanol–water partition coefficient (Wildman–Crippen LogP) is 0.404. The van der Waals surface area contributed by atoms with Crippen LogP contribution in [-0.2, 0) is 4.79 Å². The molecular weight excluding hydrogens is 204 g/mol. The lowest BCUT2D eigenvalue weighted by molar-refractivity contribution is -0.138. The predicted molar refractivity (Wildman–Crippen MR) is 51.0 cm³/mol. The minimum atomic E-state index is -0.999. The van der Waals surface area contributed by atoms with Crippen LogP contribution >= 0.6 is 11.8 Å². The molecule has 0 bridgehead atoms. The Bertz CT molecular complexity index is 294. The van der Waals surface area contributed by atoms with Gasteiger partial charge in [0, 0.05) is 11.9 Å². The van der Waals surface area contributed by atoms with E-state index in [0.717, 1.165) is 5.03 Å². The van der Waals surface area contributed by atoms with Crippen molar-refractivity contribution in [2.24, 2.45) is 0 Å². The Morgan fingerprint density at radius 1 is 1.64 bits per heavy atom. The molecule has 6 heteroatoms. The number of nitrogens with zero attached hydrogens (tertiary/aromatic N) is 2. The molecule has 0 aromatic carbocycles. The number of aromatic nitrogens is 2. The maximum absolute atomic E-state index is 10.2. The second kappa shape index (κ2) is 5.56. The van der Waals surface area contributed by atoms with Gasteiger partial charge >= 0.3 is 5.97 Å². The lowest BCUT2D eigenvalue weighted by atomic mass is 10.3. The van der Waals surface area contributed by atoms with Gasteiger partial charge in [-0.2, -0.15) is 0 Å². The molecule has 1 unspecified atom stereocenters. The average molecular weight is 214 g/mol. The van der Waals surface area contributed by atoms with Crippen molar-refractivity contribution in [1.29, 1.82) is 0 Å². The summed E-state index contributed by atoms with van der Waals surface area (Å²) in [5, 5.41) is 18.3. The van der Waals surface area contributed by atoms with Crippen molar-refractivity contribution in [3.05, 3.63) is 18.6 Å². The molecular formula is C8H10N2O3S. The van der Waals surface area contributed by atoms with Crippen LogP contribution in [-0.4, -0.2) is 38.0 Å². The summed E-state index contributed by atoms with van der Waals surface area (Å²) in [7, 11) is 0. The number of carboxylic acids is 1. The number of hydrogen-bond donors (Lipinski definition) is 2. The monoisotopic (exact) mass is 214 g/mol. The molecule has 1 rings (SSSR count). The molecule has 1 aromatic rings. The molecule has 2 N–H and O–H groups in total. The number of carbonyl (C=O) groups is 1. The number of aliphatic carboxylic acids is 1. The molecule has 0 aliphatic heterocycles. The zero-order chi connectivity index (χ0) is 10.4. The van der Waals surface area contributed by atoms with Crippen molar-refractivity contribution in [2.75, 3.05) is 5.75 Å². The van der Waals surface area contributed by atoms with E-state index in [1.807, 2.05) is 0 Å². The number of carboxylic acid groups (broad SMARTS) is 1. The van der Waals surface area contributed by atoms with E-state index in [0.29, 0.717) is 5.75 Å². The van der Waals surface area contributed by atoms with Crippen LogP contribution in [0.3, 0.4) is 0 Å².